The number of anilines is 1. The number of rotatable bonds is 6. The monoisotopic (exact) mass is 245 g/mol. The molecule has 0 saturated heterocycles. The van der Waals surface area contributed by atoms with Crippen LogP contribution in [-0.4, -0.2) is 6.61 Å². The molecule has 1 heterocycles. The van der Waals surface area contributed by atoms with Gasteiger partial charge in [-0.25, -0.2) is 0 Å². The Kier molecular flexibility index (Phi) is 4.42. The van der Waals surface area contributed by atoms with Gasteiger partial charge in [-0.15, -0.1) is 0 Å². The molecule has 3 nitrogen and oxygen atoms in total. The van der Waals surface area contributed by atoms with Gasteiger partial charge in [0.15, 0.2) is 0 Å². The molecule has 0 amide bonds. The molecule has 0 aliphatic carbocycles. The van der Waals surface area contributed by atoms with Crippen LogP contribution in [-0.2, 0) is 17.9 Å². The van der Waals surface area contributed by atoms with Crippen LogP contribution < -0.4 is 5.32 Å². The van der Waals surface area contributed by atoms with Gasteiger partial charge in [-0.3, -0.25) is 0 Å². The molecule has 0 bridgehead atoms. The highest BCUT2D eigenvalue weighted by molar-refractivity contribution is 5.51. The van der Waals surface area contributed by atoms with E-state index in [0.717, 1.165) is 18.1 Å². The third kappa shape index (κ3) is 3.14. The lowest BCUT2D eigenvalue weighted by atomic mass is 10.2. The van der Waals surface area contributed by atoms with Crippen molar-refractivity contribution in [1.82, 2.24) is 0 Å². The SMILES string of the molecule is CCOCc1ccccc1NCc1occc1C. The number of hydrogen-bond acceptors (Lipinski definition) is 3. The van der Waals surface area contributed by atoms with Gasteiger partial charge < -0.3 is 14.5 Å². The Labute approximate surface area is 108 Å². The van der Waals surface area contributed by atoms with E-state index in [9.17, 15) is 0 Å². The molecular weight excluding hydrogens is 226 g/mol. The summed E-state index contributed by atoms with van der Waals surface area (Å²) in [7, 11) is 0. The largest absolute Gasteiger partial charge is 0.467 e. The second-order valence-electron chi connectivity index (χ2n) is 4.17. The molecule has 0 radical (unpaired) electrons. The molecule has 2 rings (SSSR count). The molecule has 0 saturated carbocycles. The highest BCUT2D eigenvalue weighted by Gasteiger charge is 2.04. The van der Waals surface area contributed by atoms with Gasteiger partial charge in [0.2, 0.25) is 0 Å². The fraction of sp³-hybridized carbons (Fsp3) is 0.333. The van der Waals surface area contributed by atoms with E-state index in [0.29, 0.717) is 13.2 Å². The highest BCUT2D eigenvalue weighted by atomic mass is 16.5. The zero-order valence-electron chi connectivity index (χ0n) is 10.9. The lowest BCUT2D eigenvalue weighted by molar-refractivity contribution is 0.134. The standard InChI is InChI=1S/C15H19NO2/c1-3-17-11-13-6-4-5-7-14(13)16-10-15-12(2)8-9-18-15/h4-9,16H,3,10-11H2,1-2H3. The molecular formula is C15H19NO2. The number of nitrogens with one attached hydrogen (secondary N) is 1. The number of benzene rings is 1. The van der Waals surface area contributed by atoms with Crippen molar-refractivity contribution in [3.63, 3.8) is 0 Å². The zero-order valence-corrected chi connectivity index (χ0v) is 10.9. The van der Waals surface area contributed by atoms with Crippen molar-refractivity contribution in [3.8, 4) is 0 Å². The maximum atomic E-state index is 5.46. The minimum atomic E-state index is 0.636. The smallest absolute Gasteiger partial charge is 0.125 e. The first kappa shape index (κ1) is 12.7. The van der Waals surface area contributed by atoms with Gasteiger partial charge in [0.05, 0.1) is 19.4 Å². The summed E-state index contributed by atoms with van der Waals surface area (Å²) in [5.74, 6) is 0.973. The van der Waals surface area contributed by atoms with Crippen LogP contribution in [0.2, 0.25) is 0 Å². The second kappa shape index (κ2) is 6.26. The first-order chi connectivity index (χ1) is 8.81. The Bertz CT molecular complexity index is 491. The first-order valence-electron chi connectivity index (χ1n) is 6.23. The molecule has 3 heteroatoms. The molecule has 0 unspecified atom stereocenters. The van der Waals surface area contributed by atoms with Gasteiger partial charge in [0.25, 0.3) is 0 Å². The summed E-state index contributed by atoms with van der Waals surface area (Å²) in [6.45, 7) is 6.11. The first-order valence-corrected chi connectivity index (χ1v) is 6.23. The summed E-state index contributed by atoms with van der Waals surface area (Å²) in [5, 5.41) is 3.39. The molecule has 0 spiro atoms. The van der Waals surface area contributed by atoms with Gasteiger partial charge in [0.1, 0.15) is 5.76 Å². The Hall–Kier alpha value is -1.74. The molecule has 1 aromatic carbocycles. The molecule has 1 aromatic heterocycles. The average molecular weight is 245 g/mol. The van der Waals surface area contributed by atoms with Crippen molar-refractivity contribution in [2.75, 3.05) is 11.9 Å². The fourth-order valence-corrected chi connectivity index (χ4v) is 1.79. The lowest BCUT2D eigenvalue weighted by Crippen LogP contribution is -2.03. The predicted octanol–water partition coefficient (Wildman–Crippen LogP) is 3.74. The minimum Gasteiger partial charge on any atom is -0.467 e. The Morgan fingerprint density at radius 3 is 2.78 bits per heavy atom. The third-order valence-electron chi connectivity index (χ3n) is 2.89. The summed E-state index contributed by atoms with van der Waals surface area (Å²) in [4.78, 5) is 0. The van der Waals surface area contributed by atoms with Gasteiger partial charge in [-0.2, -0.15) is 0 Å². The van der Waals surface area contributed by atoms with Crippen molar-refractivity contribution >= 4 is 5.69 Å². The van der Waals surface area contributed by atoms with Crippen LogP contribution in [0, 0.1) is 6.92 Å². The summed E-state index contributed by atoms with van der Waals surface area (Å²) in [6, 6.07) is 10.2. The van der Waals surface area contributed by atoms with Crippen LogP contribution in [0.25, 0.3) is 0 Å². The van der Waals surface area contributed by atoms with E-state index in [1.807, 2.05) is 32.0 Å². The maximum absolute atomic E-state index is 5.46. The molecule has 2 aromatic rings. The van der Waals surface area contributed by atoms with Crippen LogP contribution in [0.1, 0.15) is 23.8 Å². The number of hydrogen-bond donors (Lipinski definition) is 1. The molecule has 0 aliphatic heterocycles. The average Bonchev–Trinajstić information content (AvgIpc) is 2.80. The van der Waals surface area contributed by atoms with E-state index in [4.69, 9.17) is 9.15 Å². The summed E-state index contributed by atoms with van der Waals surface area (Å²) >= 11 is 0. The van der Waals surface area contributed by atoms with Gasteiger partial charge >= 0.3 is 0 Å². The Morgan fingerprint density at radius 1 is 1.22 bits per heavy atom. The highest BCUT2D eigenvalue weighted by Crippen LogP contribution is 2.18. The third-order valence-corrected chi connectivity index (χ3v) is 2.89. The van der Waals surface area contributed by atoms with Crippen molar-refractivity contribution < 1.29 is 9.15 Å². The lowest BCUT2D eigenvalue weighted by Gasteiger charge is -2.11. The van der Waals surface area contributed by atoms with E-state index in [1.54, 1.807) is 6.26 Å². The topological polar surface area (TPSA) is 34.4 Å². The normalized spacial score (nSPS) is 10.6. The van der Waals surface area contributed by atoms with Crippen LogP contribution in [0.4, 0.5) is 5.69 Å². The van der Waals surface area contributed by atoms with Crippen LogP contribution in [0.15, 0.2) is 41.0 Å². The second-order valence-corrected chi connectivity index (χ2v) is 4.17. The van der Waals surface area contributed by atoms with Crippen LogP contribution in [0.3, 0.4) is 0 Å². The van der Waals surface area contributed by atoms with Crippen LogP contribution >= 0.6 is 0 Å². The zero-order chi connectivity index (χ0) is 12.8. The molecule has 96 valence electrons. The summed E-state index contributed by atoms with van der Waals surface area (Å²) < 4.78 is 10.9. The van der Waals surface area contributed by atoms with Crippen LogP contribution in [0.5, 0.6) is 0 Å². The number of furan rings is 1. The molecule has 18 heavy (non-hydrogen) atoms. The van der Waals surface area contributed by atoms with Crippen molar-refractivity contribution in [3.05, 3.63) is 53.5 Å². The maximum Gasteiger partial charge on any atom is 0.125 e. The fourth-order valence-electron chi connectivity index (χ4n) is 1.79. The minimum absolute atomic E-state index is 0.636. The van der Waals surface area contributed by atoms with E-state index in [-0.39, 0.29) is 0 Å². The number of aryl methyl sites for hydroxylation is 1. The van der Waals surface area contributed by atoms with Gasteiger partial charge in [0, 0.05) is 17.9 Å². The van der Waals surface area contributed by atoms with E-state index in [2.05, 4.69) is 17.4 Å². The number of ether oxygens (including phenoxy) is 1. The van der Waals surface area contributed by atoms with Crippen molar-refractivity contribution in [2.24, 2.45) is 0 Å². The Balaban J connectivity index is 2.02. The van der Waals surface area contributed by atoms with E-state index >= 15 is 0 Å². The van der Waals surface area contributed by atoms with Gasteiger partial charge in [-0.05, 0) is 31.5 Å². The molecule has 0 atom stereocenters. The van der Waals surface area contributed by atoms with Crippen molar-refractivity contribution in [2.45, 2.75) is 27.0 Å². The Morgan fingerprint density at radius 2 is 2.06 bits per heavy atom. The summed E-state index contributed by atoms with van der Waals surface area (Å²) in [6.07, 6.45) is 1.72. The van der Waals surface area contributed by atoms with E-state index in [1.165, 1.54) is 11.1 Å². The molecule has 0 fully saturated rings. The van der Waals surface area contributed by atoms with Crippen molar-refractivity contribution in [1.29, 1.82) is 0 Å². The summed E-state index contributed by atoms with van der Waals surface area (Å²) in [5.41, 5.74) is 3.44. The van der Waals surface area contributed by atoms with E-state index < -0.39 is 0 Å². The molecule has 1 N–H and O–H groups in total. The quantitative estimate of drug-likeness (QED) is 0.842. The predicted molar refractivity (Wildman–Crippen MR) is 72.5 cm³/mol. The molecule has 0 aliphatic rings. The van der Waals surface area contributed by atoms with Gasteiger partial charge in [-0.1, -0.05) is 18.2 Å². The number of para-hydroxylation sites is 1.